The second kappa shape index (κ2) is 12.5. The van der Waals surface area contributed by atoms with Crippen molar-refractivity contribution < 1.29 is 0 Å². The number of benzene rings is 10. The highest BCUT2D eigenvalue weighted by Crippen LogP contribution is 2.51. The average Bonchev–Trinajstić information content (AvgIpc) is 3.49. The van der Waals surface area contributed by atoms with Crippen LogP contribution in [0.15, 0.2) is 200 Å². The molecule has 0 radical (unpaired) electrons. The fourth-order valence-corrected chi connectivity index (χ4v) is 9.38. The van der Waals surface area contributed by atoms with E-state index >= 15 is 0 Å². The van der Waals surface area contributed by atoms with Crippen LogP contribution in [0.3, 0.4) is 0 Å². The zero-order chi connectivity index (χ0) is 37.4. The van der Waals surface area contributed by atoms with Gasteiger partial charge in [0.25, 0.3) is 0 Å². The zero-order valence-electron chi connectivity index (χ0n) is 31.5. The molecule has 1 aliphatic carbocycles. The molecule has 0 amide bonds. The summed E-state index contributed by atoms with van der Waals surface area (Å²) in [6, 6.07) is 74.1. The van der Waals surface area contributed by atoms with Gasteiger partial charge in [-0.3, -0.25) is 0 Å². The Hall–Kier alpha value is -6.96. The van der Waals surface area contributed by atoms with Gasteiger partial charge in [0.15, 0.2) is 0 Å². The molecule has 0 saturated carbocycles. The highest BCUT2D eigenvalue weighted by atomic mass is 15.1. The molecule has 56 heavy (non-hydrogen) atoms. The quantitative estimate of drug-likeness (QED) is 0.161. The summed E-state index contributed by atoms with van der Waals surface area (Å²) in [6.07, 6.45) is 0. The van der Waals surface area contributed by atoms with E-state index in [1.807, 2.05) is 0 Å². The van der Waals surface area contributed by atoms with Crippen LogP contribution in [0.5, 0.6) is 0 Å². The Labute approximate surface area is 327 Å². The summed E-state index contributed by atoms with van der Waals surface area (Å²) in [7, 11) is 0. The molecular formula is C55H39N. The molecule has 0 unspecified atom stereocenters. The van der Waals surface area contributed by atoms with Crippen LogP contribution in [-0.4, -0.2) is 0 Å². The largest absolute Gasteiger partial charge is 0.310 e. The standard InChI is InChI=1S/C55H39N/c1-55(2)51-20-12-11-19-48(51)49-30-29-45(35-52(49)55)56(46-32-42(36-13-5-3-6-14-36)31-43(33-46)37-15-7-4-8-16-37)44-28-27-39-22-24-41-26-25-40-23-21-38-17-9-10-18-47(38)53(40)54(41)50(39)34-44/h3-35H,1-2H3. The number of rotatable bonds is 5. The second-order valence-electron chi connectivity index (χ2n) is 15.8. The highest BCUT2D eigenvalue weighted by molar-refractivity contribution is 6.27. The predicted octanol–water partition coefficient (Wildman–Crippen LogP) is 15.4. The van der Waals surface area contributed by atoms with Gasteiger partial charge in [0.05, 0.1) is 0 Å². The monoisotopic (exact) mass is 713 g/mol. The van der Waals surface area contributed by atoms with Gasteiger partial charge in [0.1, 0.15) is 0 Å². The third-order valence-electron chi connectivity index (χ3n) is 12.2. The Bertz CT molecular complexity index is 3090. The Morgan fingerprint density at radius 2 is 0.821 bits per heavy atom. The minimum Gasteiger partial charge on any atom is -0.310 e. The molecule has 0 aliphatic heterocycles. The van der Waals surface area contributed by atoms with Crippen molar-refractivity contribution in [1.82, 2.24) is 0 Å². The van der Waals surface area contributed by atoms with Crippen molar-refractivity contribution in [2.45, 2.75) is 19.3 Å². The average molecular weight is 714 g/mol. The third-order valence-corrected chi connectivity index (χ3v) is 12.2. The maximum absolute atomic E-state index is 2.49. The normalized spacial score (nSPS) is 13.0. The molecule has 0 aromatic heterocycles. The summed E-state index contributed by atoms with van der Waals surface area (Å²) in [5.74, 6) is 0. The maximum Gasteiger partial charge on any atom is 0.0473 e. The van der Waals surface area contributed by atoms with Crippen molar-refractivity contribution in [2.24, 2.45) is 0 Å². The van der Waals surface area contributed by atoms with Gasteiger partial charge in [-0.2, -0.15) is 0 Å². The van der Waals surface area contributed by atoms with Gasteiger partial charge in [-0.1, -0.05) is 172 Å². The van der Waals surface area contributed by atoms with E-state index in [2.05, 4.69) is 219 Å². The van der Waals surface area contributed by atoms with Gasteiger partial charge in [-0.05, 0) is 130 Å². The lowest BCUT2D eigenvalue weighted by Crippen LogP contribution is -2.16. The molecule has 11 rings (SSSR count). The van der Waals surface area contributed by atoms with E-state index < -0.39 is 0 Å². The number of hydrogen-bond acceptors (Lipinski definition) is 1. The molecule has 0 atom stereocenters. The van der Waals surface area contributed by atoms with E-state index in [9.17, 15) is 0 Å². The first kappa shape index (κ1) is 32.5. The van der Waals surface area contributed by atoms with Gasteiger partial charge in [0.2, 0.25) is 0 Å². The topological polar surface area (TPSA) is 3.24 Å². The van der Waals surface area contributed by atoms with Gasteiger partial charge in [-0.15, -0.1) is 0 Å². The van der Waals surface area contributed by atoms with E-state index in [0.717, 1.165) is 17.1 Å². The van der Waals surface area contributed by atoms with Gasteiger partial charge >= 0.3 is 0 Å². The van der Waals surface area contributed by atoms with E-state index in [1.165, 1.54) is 87.6 Å². The summed E-state index contributed by atoms with van der Waals surface area (Å²) < 4.78 is 0. The lowest BCUT2D eigenvalue weighted by atomic mass is 9.82. The molecule has 0 saturated heterocycles. The Kier molecular flexibility index (Phi) is 7.28. The first-order chi connectivity index (χ1) is 27.5. The lowest BCUT2D eigenvalue weighted by Gasteiger charge is -2.29. The van der Waals surface area contributed by atoms with Crippen LogP contribution in [0, 0.1) is 0 Å². The molecule has 1 nitrogen and oxygen atoms in total. The summed E-state index contributed by atoms with van der Waals surface area (Å²) >= 11 is 0. The molecule has 0 fully saturated rings. The molecule has 0 N–H and O–H groups in total. The molecule has 10 aromatic rings. The van der Waals surface area contributed by atoms with Crippen LogP contribution in [0.2, 0.25) is 0 Å². The fraction of sp³-hybridized carbons (Fsp3) is 0.0545. The second-order valence-corrected chi connectivity index (χ2v) is 15.8. The molecule has 0 heterocycles. The zero-order valence-corrected chi connectivity index (χ0v) is 31.5. The Morgan fingerprint density at radius 3 is 1.52 bits per heavy atom. The lowest BCUT2D eigenvalue weighted by molar-refractivity contribution is 0.660. The highest BCUT2D eigenvalue weighted by Gasteiger charge is 2.35. The summed E-state index contributed by atoms with van der Waals surface area (Å²) in [4.78, 5) is 2.49. The van der Waals surface area contributed by atoms with Crippen LogP contribution >= 0.6 is 0 Å². The Balaban J connectivity index is 1.21. The van der Waals surface area contributed by atoms with E-state index in [4.69, 9.17) is 0 Å². The van der Waals surface area contributed by atoms with Gasteiger partial charge in [-0.25, -0.2) is 0 Å². The molecular weight excluding hydrogens is 675 g/mol. The van der Waals surface area contributed by atoms with Crippen molar-refractivity contribution >= 4 is 60.2 Å². The van der Waals surface area contributed by atoms with Crippen molar-refractivity contribution in [3.05, 3.63) is 211 Å². The summed E-state index contributed by atoms with van der Waals surface area (Å²) in [5, 5.41) is 10.1. The predicted molar refractivity (Wildman–Crippen MR) is 240 cm³/mol. The first-order valence-electron chi connectivity index (χ1n) is 19.6. The minimum absolute atomic E-state index is 0.131. The van der Waals surface area contributed by atoms with Crippen molar-refractivity contribution in [2.75, 3.05) is 4.90 Å². The number of fused-ring (bicyclic) bond motifs is 10. The van der Waals surface area contributed by atoms with Crippen molar-refractivity contribution in [3.8, 4) is 33.4 Å². The number of nitrogens with zero attached hydrogens (tertiary/aromatic N) is 1. The van der Waals surface area contributed by atoms with Crippen molar-refractivity contribution in [3.63, 3.8) is 0 Å². The fourth-order valence-electron chi connectivity index (χ4n) is 9.38. The third kappa shape index (κ3) is 5.08. The summed E-state index contributed by atoms with van der Waals surface area (Å²) in [6.45, 7) is 4.74. The molecule has 1 heteroatoms. The van der Waals surface area contributed by atoms with Gasteiger partial charge < -0.3 is 4.90 Å². The van der Waals surface area contributed by atoms with Crippen molar-refractivity contribution in [1.29, 1.82) is 0 Å². The SMILES string of the molecule is CC1(C)c2ccccc2-c2ccc(N(c3cc(-c4ccccc4)cc(-c4ccccc4)c3)c3ccc4ccc5ccc6ccc7ccccc7c6c5c4c3)cc21. The van der Waals surface area contributed by atoms with Crippen LogP contribution in [-0.2, 0) is 5.41 Å². The molecule has 0 spiro atoms. The van der Waals surface area contributed by atoms with Crippen LogP contribution in [0.4, 0.5) is 17.1 Å². The summed E-state index contributed by atoms with van der Waals surface area (Å²) in [5.41, 5.74) is 13.4. The molecule has 10 aromatic carbocycles. The number of hydrogen-bond donors (Lipinski definition) is 0. The van der Waals surface area contributed by atoms with Crippen LogP contribution in [0.25, 0.3) is 76.5 Å². The maximum atomic E-state index is 2.49. The molecule has 1 aliphatic rings. The van der Waals surface area contributed by atoms with E-state index in [1.54, 1.807) is 0 Å². The van der Waals surface area contributed by atoms with E-state index in [0.29, 0.717) is 0 Å². The molecule has 264 valence electrons. The van der Waals surface area contributed by atoms with Crippen LogP contribution < -0.4 is 4.90 Å². The Morgan fingerprint density at radius 1 is 0.321 bits per heavy atom. The smallest absolute Gasteiger partial charge is 0.0473 e. The van der Waals surface area contributed by atoms with E-state index in [-0.39, 0.29) is 5.41 Å². The number of anilines is 3. The minimum atomic E-state index is -0.131. The molecule has 0 bridgehead atoms. The first-order valence-corrected chi connectivity index (χ1v) is 19.6. The van der Waals surface area contributed by atoms with Crippen LogP contribution in [0.1, 0.15) is 25.0 Å². The van der Waals surface area contributed by atoms with Gasteiger partial charge in [0, 0.05) is 22.5 Å².